The van der Waals surface area contributed by atoms with Gasteiger partial charge < -0.3 is 9.30 Å². The minimum atomic E-state index is -3.58. The molecule has 0 unspecified atom stereocenters. The maximum atomic E-state index is 12.4. The molecule has 0 aliphatic heterocycles. The quantitative estimate of drug-likeness (QED) is 0.685. The van der Waals surface area contributed by atoms with Crippen LogP contribution in [-0.2, 0) is 23.2 Å². The van der Waals surface area contributed by atoms with Crippen LogP contribution in [0.3, 0.4) is 0 Å². The first kappa shape index (κ1) is 19.6. The summed E-state index contributed by atoms with van der Waals surface area (Å²) in [6.45, 7) is 1.04. The summed E-state index contributed by atoms with van der Waals surface area (Å²) in [5.41, 5.74) is 0.904. The molecule has 1 saturated carbocycles. The van der Waals surface area contributed by atoms with E-state index in [4.69, 9.17) is 4.74 Å². The van der Waals surface area contributed by atoms with Crippen molar-refractivity contribution in [1.82, 2.24) is 13.8 Å². The van der Waals surface area contributed by atoms with Crippen molar-refractivity contribution in [2.45, 2.75) is 37.0 Å². The van der Waals surface area contributed by atoms with Crippen LogP contribution >= 0.6 is 0 Å². The van der Waals surface area contributed by atoms with Gasteiger partial charge in [-0.3, -0.25) is 9.69 Å². The molecule has 1 aromatic heterocycles. The maximum Gasteiger partial charge on any atom is 0.251 e. The number of aromatic nitrogens is 1. The number of ether oxygens (including phenoxy) is 1. The van der Waals surface area contributed by atoms with E-state index in [0.29, 0.717) is 19.3 Å². The Bertz CT molecular complexity index is 948. The number of nitrogens with zero attached hydrogens (tertiary/aromatic N) is 3. The van der Waals surface area contributed by atoms with Gasteiger partial charge in [-0.1, -0.05) is 12.1 Å². The minimum Gasteiger partial charge on any atom is -0.497 e. The van der Waals surface area contributed by atoms with Crippen LogP contribution in [0.15, 0.2) is 52.3 Å². The summed E-state index contributed by atoms with van der Waals surface area (Å²) in [6, 6.07) is 10.9. The Balaban J connectivity index is 1.83. The molecule has 1 heterocycles. The summed E-state index contributed by atoms with van der Waals surface area (Å²) in [7, 11) is 1.00. The van der Waals surface area contributed by atoms with Crippen LogP contribution in [0.2, 0.25) is 0 Å². The lowest BCUT2D eigenvalue weighted by molar-refractivity contribution is 0.195. The highest BCUT2D eigenvalue weighted by Crippen LogP contribution is 2.29. The summed E-state index contributed by atoms with van der Waals surface area (Å²) in [6.07, 6.45) is 3.60. The van der Waals surface area contributed by atoms with Crippen molar-refractivity contribution in [1.29, 1.82) is 0 Å². The van der Waals surface area contributed by atoms with Gasteiger partial charge in [0.1, 0.15) is 5.75 Å². The fourth-order valence-corrected chi connectivity index (χ4v) is 3.80. The van der Waals surface area contributed by atoms with Gasteiger partial charge in [-0.05, 0) is 36.6 Å². The largest absolute Gasteiger partial charge is 0.497 e. The zero-order chi connectivity index (χ0) is 19.6. The number of rotatable bonds is 8. The van der Waals surface area contributed by atoms with Crippen LogP contribution < -0.4 is 10.3 Å². The van der Waals surface area contributed by atoms with Crippen molar-refractivity contribution < 1.29 is 13.2 Å². The van der Waals surface area contributed by atoms with Crippen molar-refractivity contribution in [2.75, 3.05) is 21.2 Å². The fourth-order valence-electron chi connectivity index (χ4n) is 2.88. The molecule has 0 N–H and O–H groups in total. The second-order valence-corrected chi connectivity index (χ2v) is 9.08. The smallest absolute Gasteiger partial charge is 0.251 e. The lowest BCUT2D eigenvalue weighted by atomic mass is 10.2. The molecule has 8 heteroatoms. The monoisotopic (exact) mass is 391 g/mol. The number of sulfonamides is 1. The summed E-state index contributed by atoms with van der Waals surface area (Å²) in [5.74, 6) is 0.800. The molecule has 3 rings (SSSR count). The minimum absolute atomic E-state index is 0.118. The first-order valence-corrected chi connectivity index (χ1v) is 10.3. The van der Waals surface area contributed by atoms with E-state index in [1.54, 1.807) is 7.11 Å². The fraction of sp³-hybridized carbons (Fsp3) is 0.421. The lowest BCUT2D eigenvalue weighted by Gasteiger charge is -2.23. The van der Waals surface area contributed by atoms with E-state index < -0.39 is 10.0 Å². The molecule has 1 aromatic carbocycles. The van der Waals surface area contributed by atoms with Gasteiger partial charge in [0, 0.05) is 38.9 Å². The second kappa shape index (κ2) is 7.84. The number of benzene rings is 1. The molecule has 27 heavy (non-hydrogen) atoms. The van der Waals surface area contributed by atoms with Crippen molar-refractivity contribution in [3.05, 3.63) is 58.5 Å². The molecule has 7 nitrogen and oxygen atoms in total. The zero-order valence-corrected chi connectivity index (χ0v) is 16.6. The standard InChI is InChI=1S/C19H25N3O4S/c1-20(2)27(24,25)18-10-11-19(23)22(13-18)14-21(16-6-7-16)12-15-4-8-17(26-3)9-5-15/h4-5,8-11,13,16H,6-7,12,14H2,1-3H3. The third-order valence-corrected chi connectivity index (χ3v) is 6.48. The highest BCUT2D eigenvalue weighted by atomic mass is 32.2. The Morgan fingerprint density at radius 2 is 1.78 bits per heavy atom. The normalized spacial score (nSPS) is 14.7. The van der Waals surface area contributed by atoms with E-state index in [1.807, 2.05) is 24.3 Å². The molecule has 0 bridgehead atoms. The van der Waals surface area contributed by atoms with Gasteiger partial charge >= 0.3 is 0 Å². The number of hydrogen-bond donors (Lipinski definition) is 0. The van der Waals surface area contributed by atoms with E-state index in [9.17, 15) is 13.2 Å². The van der Waals surface area contributed by atoms with Crippen LogP contribution in [0, 0.1) is 0 Å². The van der Waals surface area contributed by atoms with Crippen molar-refractivity contribution in [2.24, 2.45) is 0 Å². The maximum absolute atomic E-state index is 12.4. The van der Waals surface area contributed by atoms with Crippen molar-refractivity contribution in [3.8, 4) is 5.75 Å². The summed E-state index contributed by atoms with van der Waals surface area (Å²) in [5, 5.41) is 0. The molecule has 0 atom stereocenters. The van der Waals surface area contributed by atoms with Gasteiger partial charge in [0.2, 0.25) is 10.0 Å². The highest BCUT2D eigenvalue weighted by molar-refractivity contribution is 7.89. The average Bonchev–Trinajstić information content (AvgIpc) is 3.48. The molecule has 1 aliphatic carbocycles. The van der Waals surface area contributed by atoms with E-state index in [2.05, 4.69) is 4.90 Å². The van der Waals surface area contributed by atoms with E-state index in [0.717, 1.165) is 28.5 Å². The van der Waals surface area contributed by atoms with Crippen LogP contribution in [0.1, 0.15) is 18.4 Å². The average molecular weight is 391 g/mol. The number of methoxy groups -OCH3 is 1. The van der Waals surface area contributed by atoms with Crippen molar-refractivity contribution >= 4 is 10.0 Å². The molecule has 0 spiro atoms. The van der Waals surface area contributed by atoms with Crippen LogP contribution in [-0.4, -0.2) is 49.4 Å². The lowest BCUT2D eigenvalue weighted by Crippen LogP contribution is -2.34. The third-order valence-electron chi connectivity index (χ3n) is 4.68. The van der Waals surface area contributed by atoms with Gasteiger partial charge in [-0.15, -0.1) is 0 Å². The van der Waals surface area contributed by atoms with Crippen LogP contribution in [0.5, 0.6) is 5.75 Å². The second-order valence-electron chi connectivity index (χ2n) is 6.93. The third kappa shape index (κ3) is 4.58. The Morgan fingerprint density at radius 1 is 1.11 bits per heavy atom. The number of pyridine rings is 1. The summed E-state index contributed by atoms with van der Waals surface area (Å²) in [4.78, 5) is 14.6. The van der Waals surface area contributed by atoms with Crippen molar-refractivity contribution in [3.63, 3.8) is 0 Å². The molecule has 2 aromatic rings. The van der Waals surface area contributed by atoms with Crippen LogP contribution in [0.4, 0.5) is 0 Å². The molecular formula is C19H25N3O4S. The molecular weight excluding hydrogens is 366 g/mol. The molecule has 0 radical (unpaired) electrons. The molecule has 1 fully saturated rings. The van der Waals surface area contributed by atoms with Gasteiger partial charge in [0.15, 0.2) is 0 Å². The molecule has 0 amide bonds. The topological polar surface area (TPSA) is 71.8 Å². The summed E-state index contributed by atoms with van der Waals surface area (Å²) < 4.78 is 32.5. The zero-order valence-electron chi connectivity index (χ0n) is 15.8. The van der Waals surface area contributed by atoms with Gasteiger partial charge in [-0.25, -0.2) is 12.7 Å². The Hall–Kier alpha value is -2.16. The first-order valence-electron chi connectivity index (χ1n) is 8.81. The SMILES string of the molecule is COc1ccc(CN(Cn2cc(S(=O)(=O)N(C)C)ccc2=O)C2CC2)cc1. The predicted octanol–water partition coefficient (Wildman–Crippen LogP) is 1.73. The Labute approximate surface area is 159 Å². The first-order chi connectivity index (χ1) is 12.8. The number of hydrogen-bond acceptors (Lipinski definition) is 5. The molecule has 1 aliphatic rings. The van der Waals surface area contributed by atoms with Gasteiger partial charge in [-0.2, -0.15) is 0 Å². The molecule has 146 valence electrons. The Kier molecular flexibility index (Phi) is 5.69. The van der Waals surface area contributed by atoms with Gasteiger partial charge in [0.05, 0.1) is 18.7 Å². The van der Waals surface area contributed by atoms with E-state index >= 15 is 0 Å². The van der Waals surface area contributed by atoms with Crippen LogP contribution in [0.25, 0.3) is 0 Å². The molecule has 0 saturated heterocycles. The van der Waals surface area contributed by atoms with E-state index in [-0.39, 0.29) is 10.5 Å². The summed E-state index contributed by atoms with van der Waals surface area (Å²) >= 11 is 0. The Morgan fingerprint density at radius 3 is 2.33 bits per heavy atom. The van der Waals surface area contributed by atoms with Gasteiger partial charge in [0.25, 0.3) is 5.56 Å². The van der Waals surface area contributed by atoms with E-state index in [1.165, 1.54) is 37.0 Å². The highest BCUT2D eigenvalue weighted by Gasteiger charge is 2.29. The predicted molar refractivity (Wildman–Crippen MR) is 103 cm³/mol.